The second kappa shape index (κ2) is 3.59. The average Bonchev–Trinajstić information content (AvgIpc) is 2.50. The molecular formula is C8H11NO4. The lowest BCUT2D eigenvalue weighted by molar-refractivity contribution is 0.0655. The van der Waals surface area contributed by atoms with Gasteiger partial charge in [-0.2, -0.15) is 0 Å². The highest BCUT2D eigenvalue weighted by molar-refractivity contribution is 5.84. The third kappa shape index (κ3) is 2.07. The SMILES string of the molecule is C[C@H](O)[C@H](N)c1ccc(C(=O)O)o1. The molecule has 0 spiro atoms. The standard InChI is InChI=1S/C8H11NO4/c1-4(10)7(9)5-2-3-6(13-5)8(11)12/h2-4,7,10H,9H2,1H3,(H,11,12)/t4-,7-/m0/s1. The highest BCUT2D eigenvalue weighted by atomic mass is 16.4. The normalized spacial score (nSPS) is 15.3. The summed E-state index contributed by atoms with van der Waals surface area (Å²) in [7, 11) is 0. The zero-order valence-corrected chi connectivity index (χ0v) is 7.10. The summed E-state index contributed by atoms with van der Waals surface area (Å²) in [6.07, 6.45) is -0.771. The van der Waals surface area contributed by atoms with Gasteiger partial charge in [-0.05, 0) is 19.1 Å². The number of rotatable bonds is 3. The lowest BCUT2D eigenvalue weighted by Crippen LogP contribution is -2.22. The predicted octanol–water partition coefficient (Wildman–Crippen LogP) is 0.358. The van der Waals surface area contributed by atoms with Crippen molar-refractivity contribution in [2.45, 2.75) is 19.1 Å². The van der Waals surface area contributed by atoms with Crippen molar-refractivity contribution in [1.29, 1.82) is 0 Å². The molecule has 0 saturated heterocycles. The average molecular weight is 185 g/mol. The third-order valence-electron chi connectivity index (χ3n) is 1.69. The number of furan rings is 1. The van der Waals surface area contributed by atoms with Crippen LogP contribution in [0, 0.1) is 0 Å². The largest absolute Gasteiger partial charge is 0.475 e. The molecule has 0 unspecified atom stereocenters. The monoisotopic (exact) mass is 185 g/mol. The van der Waals surface area contributed by atoms with Crippen molar-refractivity contribution in [3.8, 4) is 0 Å². The fourth-order valence-corrected chi connectivity index (χ4v) is 0.885. The van der Waals surface area contributed by atoms with Gasteiger partial charge in [-0.1, -0.05) is 0 Å². The molecule has 5 nitrogen and oxygen atoms in total. The number of nitrogens with two attached hydrogens (primary N) is 1. The molecule has 4 N–H and O–H groups in total. The van der Waals surface area contributed by atoms with Crippen LogP contribution in [0.5, 0.6) is 0 Å². The van der Waals surface area contributed by atoms with E-state index >= 15 is 0 Å². The molecule has 13 heavy (non-hydrogen) atoms. The first-order chi connectivity index (χ1) is 6.02. The quantitative estimate of drug-likeness (QED) is 0.631. The Morgan fingerprint density at radius 3 is 2.62 bits per heavy atom. The summed E-state index contributed by atoms with van der Waals surface area (Å²) >= 11 is 0. The van der Waals surface area contributed by atoms with E-state index in [9.17, 15) is 4.79 Å². The maximum Gasteiger partial charge on any atom is 0.371 e. The summed E-state index contributed by atoms with van der Waals surface area (Å²) < 4.78 is 4.88. The van der Waals surface area contributed by atoms with Crippen molar-refractivity contribution in [3.05, 3.63) is 23.7 Å². The van der Waals surface area contributed by atoms with Crippen LogP contribution in [0.3, 0.4) is 0 Å². The zero-order chi connectivity index (χ0) is 10.0. The third-order valence-corrected chi connectivity index (χ3v) is 1.69. The van der Waals surface area contributed by atoms with E-state index in [-0.39, 0.29) is 11.5 Å². The first-order valence-electron chi connectivity index (χ1n) is 3.79. The van der Waals surface area contributed by atoms with Crippen molar-refractivity contribution in [2.75, 3.05) is 0 Å². The smallest absolute Gasteiger partial charge is 0.371 e. The molecule has 0 aliphatic carbocycles. The van der Waals surface area contributed by atoms with Crippen LogP contribution in [0.1, 0.15) is 29.3 Å². The molecule has 0 saturated carbocycles. The highest BCUT2D eigenvalue weighted by Gasteiger charge is 2.17. The van der Waals surface area contributed by atoms with Gasteiger partial charge in [0.15, 0.2) is 0 Å². The van der Waals surface area contributed by atoms with Gasteiger partial charge in [-0.25, -0.2) is 4.79 Å². The number of aliphatic hydroxyl groups excluding tert-OH is 1. The Kier molecular flexibility index (Phi) is 2.69. The molecule has 0 aliphatic rings. The summed E-state index contributed by atoms with van der Waals surface area (Å²) in [6.45, 7) is 1.51. The molecule has 1 rings (SSSR count). The van der Waals surface area contributed by atoms with E-state index in [2.05, 4.69) is 0 Å². The number of hydrogen-bond acceptors (Lipinski definition) is 4. The van der Waals surface area contributed by atoms with Crippen LogP contribution in [-0.4, -0.2) is 22.3 Å². The zero-order valence-electron chi connectivity index (χ0n) is 7.10. The fourth-order valence-electron chi connectivity index (χ4n) is 0.885. The Hall–Kier alpha value is -1.33. The number of aliphatic hydroxyl groups is 1. The van der Waals surface area contributed by atoms with E-state index in [0.29, 0.717) is 0 Å². The van der Waals surface area contributed by atoms with Gasteiger partial charge in [0.25, 0.3) is 0 Å². The van der Waals surface area contributed by atoms with Crippen molar-refractivity contribution >= 4 is 5.97 Å². The minimum atomic E-state index is -1.15. The summed E-state index contributed by atoms with van der Waals surface area (Å²) in [5.41, 5.74) is 5.51. The molecule has 2 atom stereocenters. The Bertz CT molecular complexity index is 305. The Labute approximate surface area is 74.8 Å². The van der Waals surface area contributed by atoms with Gasteiger partial charge in [0, 0.05) is 0 Å². The Balaban J connectivity index is 2.85. The fraction of sp³-hybridized carbons (Fsp3) is 0.375. The molecule has 0 radical (unpaired) electrons. The van der Waals surface area contributed by atoms with Gasteiger partial charge in [-0.3, -0.25) is 0 Å². The Morgan fingerprint density at radius 2 is 2.23 bits per heavy atom. The van der Waals surface area contributed by atoms with E-state index in [1.807, 2.05) is 0 Å². The minimum Gasteiger partial charge on any atom is -0.475 e. The van der Waals surface area contributed by atoms with Gasteiger partial charge >= 0.3 is 5.97 Å². The van der Waals surface area contributed by atoms with Crippen LogP contribution in [0.2, 0.25) is 0 Å². The van der Waals surface area contributed by atoms with E-state index < -0.39 is 18.1 Å². The second-order valence-electron chi connectivity index (χ2n) is 2.77. The molecule has 0 aliphatic heterocycles. The molecule has 1 aromatic rings. The maximum absolute atomic E-state index is 10.4. The molecule has 0 amide bonds. The summed E-state index contributed by atoms with van der Waals surface area (Å²) in [6, 6.07) is 2.06. The van der Waals surface area contributed by atoms with Gasteiger partial charge in [0.2, 0.25) is 5.76 Å². The number of hydrogen-bond donors (Lipinski definition) is 3. The minimum absolute atomic E-state index is 0.175. The number of carboxylic acid groups (broad SMARTS) is 1. The van der Waals surface area contributed by atoms with Crippen molar-refractivity contribution in [2.24, 2.45) is 5.73 Å². The lowest BCUT2D eigenvalue weighted by Gasteiger charge is -2.10. The van der Waals surface area contributed by atoms with Crippen molar-refractivity contribution in [1.82, 2.24) is 0 Å². The topological polar surface area (TPSA) is 96.7 Å². The lowest BCUT2D eigenvalue weighted by atomic mass is 10.1. The molecular weight excluding hydrogens is 174 g/mol. The maximum atomic E-state index is 10.4. The van der Waals surface area contributed by atoms with Crippen LogP contribution in [0.15, 0.2) is 16.5 Å². The van der Waals surface area contributed by atoms with Crippen LogP contribution in [0.25, 0.3) is 0 Å². The van der Waals surface area contributed by atoms with Crippen LogP contribution >= 0.6 is 0 Å². The molecule has 1 heterocycles. The summed E-state index contributed by atoms with van der Waals surface area (Å²) in [5.74, 6) is -1.05. The first kappa shape index (κ1) is 9.76. The molecule has 5 heteroatoms. The van der Waals surface area contributed by atoms with Gasteiger partial charge in [0.1, 0.15) is 5.76 Å². The molecule has 0 bridgehead atoms. The summed E-state index contributed by atoms with van der Waals surface area (Å²) in [5, 5.41) is 17.6. The van der Waals surface area contributed by atoms with Crippen molar-refractivity contribution < 1.29 is 19.4 Å². The number of carbonyl (C=O) groups is 1. The van der Waals surface area contributed by atoms with E-state index in [4.69, 9.17) is 20.4 Å². The Morgan fingerprint density at radius 1 is 1.62 bits per heavy atom. The molecule has 1 aromatic heterocycles. The van der Waals surface area contributed by atoms with Gasteiger partial charge in [0.05, 0.1) is 12.1 Å². The first-order valence-corrected chi connectivity index (χ1v) is 3.79. The van der Waals surface area contributed by atoms with E-state index in [0.717, 1.165) is 0 Å². The predicted molar refractivity (Wildman–Crippen MR) is 44.3 cm³/mol. The van der Waals surface area contributed by atoms with E-state index in [1.54, 1.807) is 0 Å². The molecule has 72 valence electrons. The highest BCUT2D eigenvalue weighted by Crippen LogP contribution is 2.17. The summed E-state index contributed by atoms with van der Waals surface area (Å²) in [4.78, 5) is 10.4. The number of aromatic carboxylic acids is 1. The van der Waals surface area contributed by atoms with Gasteiger partial charge in [-0.15, -0.1) is 0 Å². The second-order valence-corrected chi connectivity index (χ2v) is 2.77. The van der Waals surface area contributed by atoms with Gasteiger partial charge < -0.3 is 20.4 Å². The number of carboxylic acids is 1. The van der Waals surface area contributed by atoms with Crippen molar-refractivity contribution in [3.63, 3.8) is 0 Å². The molecule has 0 aromatic carbocycles. The van der Waals surface area contributed by atoms with Crippen LogP contribution in [0.4, 0.5) is 0 Å². The van der Waals surface area contributed by atoms with Crippen LogP contribution in [-0.2, 0) is 0 Å². The van der Waals surface area contributed by atoms with Crippen LogP contribution < -0.4 is 5.73 Å². The van der Waals surface area contributed by atoms with E-state index in [1.165, 1.54) is 19.1 Å². The molecule has 0 fully saturated rings.